The van der Waals surface area contributed by atoms with Gasteiger partial charge < -0.3 is 5.32 Å². The van der Waals surface area contributed by atoms with E-state index in [0.29, 0.717) is 6.04 Å². The molecule has 0 spiro atoms. The zero-order valence-corrected chi connectivity index (χ0v) is 13.5. The van der Waals surface area contributed by atoms with Gasteiger partial charge in [-0.3, -0.25) is 0 Å². The third-order valence-electron chi connectivity index (χ3n) is 5.37. The van der Waals surface area contributed by atoms with Crippen LogP contribution in [0.2, 0.25) is 0 Å². The molecule has 0 saturated heterocycles. The van der Waals surface area contributed by atoms with Crippen LogP contribution in [0.3, 0.4) is 0 Å². The Hall–Kier alpha value is -0.340. The summed E-state index contributed by atoms with van der Waals surface area (Å²) in [6.45, 7) is 2.18. The first-order valence-corrected chi connectivity index (χ1v) is 8.40. The van der Waals surface area contributed by atoms with E-state index in [4.69, 9.17) is 0 Å². The van der Waals surface area contributed by atoms with Crippen LogP contribution >= 0.6 is 15.9 Å². The van der Waals surface area contributed by atoms with E-state index in [1.165, 1.54) is 47.7 Å². The van der Waals surface area contributed by atoms with Crippen molar-refractivity contribution in [3.63, 3.8) is 0 Å². The highest BCUT2D eigenvalue weighted by Gasteiger charge is 2.40. The third kappa shape index (κ3) is 2.62. The Morgan fingerprint density at radius 1 is 1.32 bits per heavy atom. The van der Waals surface area contributed by atoms with Crippen LogP contribution in [0.4, 0.5) is 0 Å². The van der Waals surface area contributed by atoms with Gasteiger partial charge in [-0.25, -0.2) is 0 Å². The van der Waals surface area contributed by atoms with Crippen molar-refractivity contribution in [3.8, 4) is 0 Å². The van der Waals surface area contributed by atoms with E-state index in [0.717, 1.165) is 17.8 Å². The molecule has 2 fully saturated rings. The second-order valence-electron chi connectivity index (χ2n) is 6.49. The molecule has 104 valence electrons. The molecule has 1 N–H and O–H groups in total. The minimum absolute atomic E-state index is 0.499. The number of nitrogens with one attached hydrogen (secondary N) is 1. The average molecular weight is 322 g/mol. The SMILES string of the molecule is CNC(CC1CC2CCC1C2)c1cccc(C)c1Br. The molecule has 3 rings (SSSR count). The van der Waals surface area contributed by atoms with Gasteiger partial charge in [-0.15, -0.1) is 0 Å². The maximum Gasteiger partial charge on any atom is 0.0331 e. The van der Waals surface area contributed by atoms with Crippen LogP contribution < -0.4 is 5.32 Å². The van der Waals surface area contributed by atoms with Crippen LogP contribution in [-0.4, -0.2) is 7.05 Å². The van der Waals surface area contributed by atoms with Crippen molar-refractivity contribution >= 4 is 15.9 Å². The van der Waals surface area contributed by atoms with Crippen LogP contribution in [0, 0.1) is 24.7 Å². The Morgan fingerprint density at radius 2 is 2.16 bits per heavy atom. The Bertz CT molecular complexity index is 457. The van der Waals surface area contributed by atoms with Gasteiger partial charge in [0, 0.05) is 10.5 Å². The van der Waals surface area contributed by atoms with E-state index in [9.17, 15) is 0 Å². The lowest BCUT2D eigenvalue weighted by molar-refractivity contribution is 0.284. The summed E-state index contributed by atoms with van der Waals surface area (Å²) in [6, 6.07) is 7.13. The van der Waals surface area contributed by atoms with E-state index < -0.39 is 0 Å². The topological polar surface area (TPSA) is 12.0 Å². The molecule has 4 unspecified atom stereocenters. The minimum Gasteiger partial charge on any atom is -0.313 e. The van der Waals surface area contributed by atoms with E-state index >= 15 is 0 Å². The highest BCUT2D eigenvalue weighted by atomic mass is 79.9. The summed E-state index contributed by atoms with van der Waals surface area (Å²) in [6.07, 6.45) is 7.28. The zero-order chi connectivity index (χ0) is 13.4. The number of hydrogen-bond donors (Lipinski definition) is 1. The Balaban J connectivity index is 1.75. The van der Waals surface area contributed by atoms with Crippen LogP contribution in [-0.2, 0) is 0 Å². The van der Waals surface area contributed by atoms with Crippen molar-refractivity contribution in [1.82, 2.24) is 5.32 Å². The Morgan fingerprint density at radius 3 is 2.79 bits per heavy atom. The fourth-order valence-corrected chi connectivity index (χ4v) is 4.85. The fourth-order valence-electron chi connectivity index (χ4n) is 4.31. The first kappa shape index (κ1) is 13.6. The second-order valence-corrected chi connectivity index (χ2v) is 7.28. The molecule has 1 nitrogen and oxygen atoms in total. The van der Waals surface area contributed by atoms with Crippen molar-refractivity contribution < 1.29 is 0 Å². The molecule has 0 aliphatic heterocycles. The van der Waals surface area contributed by atoms with Gasteiger partial charge in [-0.1, -0.05) is 40.5 Å². The van der Waals surface area contributed by atoms with Gasteiger partial charge in [0.15, 0.2) is 0 Å². The molecule has 2 bridgehead atoms. The molecule has 2 aliphatic rings. The maximum atomic E-state index is 3.77. The zero-order valence-electron chi connectivity index (χ0n) is 12.0. The Kier molecular flexibility index (Phi) is 4.00. The van der Waals surface area contributed by atoms with Crippen molar-refractivity contribution in [2.75, 3.05) is 7.05 Å². The lowest BCUT2D eigenvalue weighted by Gasteiger charge is -2.27. The number of rotatable bonds is 4. The summed E-state index contributed by atoms with van der Waals surface area (Å²) in [5.41, 5.74) is 2.77. The maximum absolute atomic E-state index is 3.77. The van der Waals surface area contributed by atoms with Gasteiger partial charge >= 0.3 is 0 Å². The monoisotopic (exact) mass is 321 g/mol. The number of hydrogen-bond acceptors (Lipinski definition) is 1. The fraction of sp³-hybridized carbons (Fsp3) is 0.647. The van der Waals surface area contributed by atoms with Crippen LogP contribution in [0.25, 0.3) is 0 Å². The van der Waals surface area contributed by atoms with Crippen molar-refractivity contribution in [1.29, 1.82) is 0 Å². The Labute approximate surface area is 125 Å². The quantitative estimate of drug-likeness (QED) is 0.836. The van der Waals surface area contributed by atoms with Crippen molar-refractivity contribution in [3.05, 3.63) is 33.8 Å². The van der Waals surface area contributed by atoms with E-state index in [2.05, 4.69) is 53.4 Å². The summed E-state index contributed by atoms with van der Waals surface area (Å²) >= 11 is 3.77. The normalized spacial score (nSPS) is 30.8. The predicted molar refractivity (Wildman–Crippen MR) is 84.2 cm³/mol. The number of aryl methyl sites for hydroxylation is 1. The first-order chi connectivity index (χ1) is 9.19. The van der Waals surface area contributed by atoms with Crippen LogP contribution in [0.5, 0.6) is 0 Å². The number of benzene rings is 1. The largest absolute Gasteiger partial charge is 0.313 e. The molecule has 4 atom stereocenters. The van der Waals surface area contributed by atoms with Gasteiger partial charge in [0.25, 0.3) is 0 Å². The summed E-state index contributed by atoms with van der Waals surface area (Å²) in [4.78, 5) is 0. The molecule has 2 saturated carbocycles. The summed E-state index contributed by atoms with van der Waals surface area (Å²) in [7, 11) is 2.10. The van der Waals surface area contributed by atoms with E-state index in [-0.39, 0.29) is 0 Å². The van der Waals surface area contributed by atoms with Gasteiger partial charge in [-0.05, 0) is 68.5 Å². The van der Waals surface area contributed by atoms with E-state index in [1.54, 1.807) is 0 Å². The molecule has 0 radical (unpaired) electrons. The summed E-state index contributed by atoms with van der Waals surface area (Å²) < 4.78 is 1.29. The summed E-state index contributed by atoms with van der Waals surface area (Å²) in [5.74, 6) is 3.02. The standard InChI is InChI=1S/C17H24BrN/c1-11-4-3-5-15(17(11)18)16(19-2)10-14-9-12-6-7-13(14)8-12/h3-5,12-14,16,19H,6-10H2,1-2H3. The van der Waals surface area contributed by atoms with Crippen LogP contribution in [0.15, 0.2) is 22.7 Å². The van der Waals surface area contributed by atoms with Gasteiger partial charge in [0.05, 0.1) is 0 Å². The van der Waals surface area contributed by atoms with Crippen LogP contribution in [0.1, 0.15) is 49.3 Å². The smallest absolute Gasteiger partial charge is 0.0331 e. The molecule has 0 amide bonds. The lowest BCUT2D eigenvalue weighted by atomic mass is 9.82. The molecular weight excluding hydrogens is 298 g/mol. The van der Waals surface area contributed by atoms with Gasteiger partial charge in [-0.2, -0.15) is 0 Å². The molecular formula is C17H24BrN. The van der Waals surface area contributed by atoms with Crippen molar-refractivity contribution in [2.45, 2.75) is 45.1 Å². The van der Waals surface area contributed by atoms with Gasteiger partial charge in [0.1, 0.15) is 0 Å². The minimum atomic E-state index is 0.499. The molecule has 2 aliphatic carbocycles. The molecule has 0 aromatic heterocycles. The molecule has 2 heteroatoms. The number of halogens is 1. The average Bonchev–Trinajstić information content (AvgIpc) is 3.02. The third-order valence-corrected chi connectivity index (χ3v) is 6.45. The highest BCUT2D eigenvalue weighted by molar-refractivity contribution is 9.10. The lowest BCUT2D eigenvalue weighted by Crippen LogP contribution is -2.23. The van der Waals surface area contributed by atoms with Gasteiger partial charge in [0.2, 0.25) is 0 Å². The number of fused-ring (bicyclic) bond motifs is 2. The molecule has 19 heavy (non-hydrogen) atoms. The molecule has 1 aromatic carbocycles. The van der Waals surface area contributed by atoms with E-state index in [1.807, 2.05) is 0 Å². The molecule has 0 heterocycles. The predicted octanol–water partition coefficient (Wildman–Crippen LogP) is 4.84. The highest BCUT2D eigenvalue weighted by Crippen LogP contribution is 2.51. The van der Waals surface area contributed by atoms with Crippen molar-refractivity contribution in [2.24, 2.45) is 17.8 Å². The summed E-state index contributed by atoms with van der Waals surface area (Å²) in [5, 5.41) is 3.54. The molecule has 1 aromatic rings. The second kappa shape index (κ2) is 5.57. The first-order valence-electron chi connectivity index (χ1n) is 7.61.